The molecule has 3 aliphatic heterocycles. The zero-order valence-corrected chi connectivity index (χ0v) is 22.0. The minimum absolute atomic E-state index is 0.0566. The molecule has 7 nitrogen and oxygen atoms in total. The average molecular weight is 526 g/mol. The summed E-state index contributed by atoms with van der Waals surface area (Å²) in [4.78, 5) is 19.0. The highest BCUT2D eigenvalue weighted by molar-refractivity contribution is 5.99. The summed E-state index contributed by atoms with van der Waals surface area (Å²) < 4.78 is 28.8. The van der Waals surface area contributed by atoms with E-state index in [9.17, 15) is 0 Å². The predicted molar refractivity (Wildman–Crippen MR) is 149 cm³/mol. The topological polar surface area (TPSA) is 63.6 Å². The molecule has 4 aliphatic rings. The van der Waals surface area contributed by atoms with E-state index >= 15 is 4.39 Å². The summed E-state index contributed by atoms with van der Waals surface area (Å²) in [7, 11) is 0. The van der Waals surface area contributed by atoms with E-state index in [2.05, 4.69) is 14.8 Å². The molecule has 0 spiro atoms. The molecule has 200 valence electrons. The van der Waals surface area contributed by atoms with E-state index in [4.69, 9.17) is 19.4 Å². The third-order valence-electron chi connectivity index (χ3n) is 9.27. The lowest BCUT2D eigenvalue weighted by atomic mass is 9.95. The van der Waals surface area contributed by atoms with Crippen molar-refractivity contribution in [2.24, 2.45) is 5.92 Å². The van der Waals surface area contributed by atoms with Gasteiger partial charge in [-0.05, 0) is 56.0 Å². The highest BCUT2D eigenvalue weighted by Gasteiger charge is 2.45. The van der Waals surface area contributed by atoms with Gasteiger partial charge in [0.15, 0.2) is 5.82 Å². The van der Waals surface area contributed by atoms with Gasteiger partial charge in [0.2, 0.25) is 0 Å². The van der Waals surface area contributed by atoms with Gasteiger partial charge in [0.25, 0.3) is 0 Å². The maximum absolute atomic E-state index is 16.5. The molecule has 4 fully saturated rings. The Balaban J connectivity index is 1.24. The molecular weight excluding hydrogens is 493 g/mol. The maximum atomic E-state index is 16.5. The lowest BCUT2D eigenvalue weighted by Gasteiger charge is -2.31. The molecular formula is C31H32FN5O2. The largest absolute Gasteiger partial charge is 0.461 e. The van der Waals surface area contributed by atoms with E-state index in [1.165, 1.54) is 12.8 Å². The van der Waals surface area contributed by atoms with E-state index in [0.717, 1.165) is 55.2 Å². The number of rotatable bonds is 5. The first-order valence-electron chi connectivity index (χ1n) is 14.3. The monoisotopic (exact) mass is 525 g/mol. The van der Waals surface area contributed by atoms with Crippen LogP contribution in [0.1, 0.15) is 32.1 Å². The van der Waals surface area contributed by atoms with Gasteiger partial charge in [0.1, 0.15) is 23.6 Å². The normalized spacial score (nSPS) is 24.1. The molecule has 2 aromatic carbocycles. The standard InChI is InChI=1S/C31H32FN5O2/c32-26-27(23-9-3-7-20-6-1-2-8-22(20)23)33-17-24-28(26)34-30(39-19-31-10-4-12-37(31)13-5-11-31)35-29(24)36-14-15-38-25-16-21(25)18-36/h1-3,6-9,17,21,25H,4-5,10-16,18-19H2/t21-,25-/m0/s1. The molecule has 8 heteroatoms. The first-order chi connectivity index (χ1) is 19.2. The van der Waals surface area contributed by atoms with Crippen molar-refractivity contribution in [1.29, 1.82) is 0 Å². The Kier molecular flexibility index (Phi) is 5.49. The molecule has 2 atom stereocenters. The maximum Gasteiger partial charge on any atom is 0.319 e. The van der Waals surface area contributed by atoms with Crippen LogP contribution in [-0.2, 0) is 4.74 Å². The van der Waals surface area contributed by atoms with Gasteiger partial charge in [-0.3, -0.25) is 9.88 Å². The Morgan fingerprint density at radius 1 is 1.00 bits per heavy atom. The zero-order valence-electron chi connectivity index (χ0n) is 22.0. The summed E-state index contributed by atoms with van der Waals surface area (Å²) in [5, 5.41) is 2.62. The fourth-order valence-corrected chi connectivity index (χ4v) is 7.10. The lowest BCUT2D eigenvalue weighted by Crippen LogP contribution is -2.43. The van der Waals surface area contributed by atoms with Crippen molar-refractivity contribution < 1.29 is 13.9 Å². The Morgan fingerprint density at radius 3 is 2.74 bits per heavy atom. The van der Waals surface area contributed by atoms with Crippen LogP contribution in [0.3, 0.4) is 0 Å². The number of fused-ring (bicyclic) bond motifs is 4. The molecule has 5 heterocycles. The van der Waals surface area contributed by atoms with Gasteiger partial charge < -0.3 is 14.4 Å². The summed E-state index contributed by atoms with van der Waals surface area (Å²) in [5.74, 6) is 0.738. The molecule has 39 heavy (non-hydrogen) atoms. The van der Waals surface area contributed by atoms with Crippen LogP contribution in [-0.4, -0.2) is 70.9 Å². The fraction of sp³-hybridized carbons (Fsp3) is 0.452. The van der Waals surface area contributed by atoms with Crippen molar-refractivity contribution in [3.8, 4) is 17.3 Å². The van der Waals surface area contributed by atoms with Crippen LogP contribution in [0.2, 0.25) is 0 Å². The van der Waals surface area contributed by atoms with Crippen molar-refractivity contribution >= 4 is 27.5 Å². The summed E-state index contributed by atoms with van der Waals surface area (Å²) in [6.45, 7) is 4.94. The lowest BCUT2D eigenvalue weighted by molar-refractivity contribution is 0.108. The highest BCUT2D eigenvalue weighted by Crippen LogP contribution is 2.41. The van der Waals surface area contributed by atoms with E-state index < -0.39 is 5.82 Å². The number of ether oxygens (including phenoxy) is 2. The number of anilines is 1. The van der Waals surface area contributed by atoms with Crippen molar-refractivity contribution in [3.63, 3.8) is 0 Å². The van der Waals surface area contributed by atoms with Gasteiger partial charge in [-0.15, -0.1) is 0 Å². The third kappa shape index (κ3) is 3.95. The second kappa shape index (κ2) is 9.10. The fourth-order valence-electron chi connectivity index (χ4n) is 7.10. The Morgan fingerprint density at radius 2 is 1.85 bits per heavy atom. The molecule has 1 aliphatic carbocycles. The minimum Gasteiger partial charge on any atom is -0.461 e. The van der Waals surface area contributed by atoms with Gasteiger partial charge in [0, 0.05) is 30.8 Å². The average Bonchev–Trinajstić information content (AvgIpc) is 3.46. The van der Waals surface area contributed by atoms with Crippen LogP contribution in [0, 0.1) is 11.7 Å². The highest BCUT2D eigenvalue weighted by atomic mass is 19.1. The molecule has 8 rings (SSSR count). The molecule has 1 saturated carbocycles. The van der Waals surface area contributed by atoms with E-state index in [1.54, 1.807) is 6.20 Å². The molecule has 4 aromatic rings. The van der Waals surface area contributed by atoms with Crippen molar-refractivity contribution in [2.75, 3.05) is 44.3 Å². The molecule has 3 saturated heterocycles. The number of hydrogen-bond acceptors (Lipinski definition) is 7. The predicted octanol–water partition coefficient (Wildman–Crippen LogP) is 5.22. The Labute approximate surface area is 227 Å². The Hall–Kier alpha value is -3.36. The van der Waals surface area contributed by atoms with E-state index in [0.29, 0.717) is 48.7 Å². The van der Waals surface area contributed by atoms with Crippen LogP contribution in [0.4, 0.5) is 10.2 Å². The number of aromatic nitrogens is 3. The van der Waals surface area contributed by atoms with Crippen LogP contribution < -0.4 is 9.64 Å². The number of hydrogen-bond donors (Lipinski definition) is 0. The van der Waals surface area contributed by atoms with Gasteiger partial charge in [-0.1, -0.05) is 42.5 Å². The first-order valence-corrected chi connectivity index (χ1v) is 14.3. The summed E-state index contributed by atoms with van der Waals surface area (Å²) in [6.07, 6.45) is 7.78. The van der Waals surface area contributed by atoms with Crippen LogP contribution in [0.15, 0.2) is 48.7 Å². The molecule has 0 bridgehead atoms. The Bertz CT molecular complexity index is 1560. The molecule has 0 unspecified atom stereocenters. The number of nitrogens with zero attached hydrogens (tertiary/aromatic N) is 5. The van der Waals surface area contributed by atoms with Crippen LogP contribution >= 0.6 is 0 Å². The van der Waals surface area contributed by atoms with Crippen molar-refractivity contribution in [3.05, 3.63) is 54.5 Å². The quantitative estimate of drug-likeness (QED) is 0.354. The van der Waals surface area contributed by atoms with Gasteiger partial charge in [-0.2, -0.15) is 9.97 Å². The van der Waals surface area contributed by atoms with E-state index in [1.807, 2.05) is 42.5 Å². The molecule has 2 aromatic heterocycles. The first kappa shape index (κ1) is 23.5. The van der Waals surface area contributed by atoms with Crippen LogP contribution in [0.25, 0.3) is 32.9 Å². The minimum atomic E-state index is -0.436. The third-order valence-corrected chi connectivity index (χ3v) is 9.27. The zero-order chi connectivity index (χ0) is 26.0. The van der Waals surface area contributed by atoms with Crippen molar-refractivity contribution in [2.45, 2.75) is 43.7 Å². The van der Waals surface area contributed by atoms with Gasteiger partial charge >= 0.3 is 6.01 Å². The van der Waals surface area contributed by atoms with Gasteiger partial charge in [0.05, 0.1) is 23.6 Å². The van der Waals surface area contributed by atoms with Crippen LogP contribution in [0.5, 0.6) is 6.01 Å². The molecule has 0 amide bonds. The molecule has 0 radical (unpaired) electrons. The molecule has 0 N–H and O–H groups in total. The summed E-state index contributed by atoms with van der Waals surface area (Å²) in [6, 6.07) is 14.1. The SMILES string of the molecule is Fc1c(-c2cccc3ccccc23)ncc2c(N3CCO[C@H]4C[C@H]4C3)nc(OCC34CCCN3CCC4)nc12. The van der Waals surface area contributed by atoms with Crippen molar-refractivity contribution in [1.82, 2.24) is 19.9 Å². The van der Waals surface area contributed by atoms with Gasteiger partial charge in [-0.25, -0.2) is 4.39 Å². The number of halogens is 1. The number of pyridine rings is 1. The summed E-state index contributed by atoms with van der Waals surface area (Å²) in [5.41, 5.74) is 1.37. The second-order valence-electron chi connectivity index (χ2n) is 11.6. The number of benzene rings is 2. The second-order valence-corrected chi connectivity index (χ2v) is 11.6. The summed E-state index contributed by atoms with van der Waals surface area (Å²) >= 11 is 0. The smallest absolute Gasteiger partial charge is 0.319 e. The van der Waals surface area contributed by atoms with E-state index in [-0.39, 0.29) is 17.1 Å².